The van der Waals surface area contributed by atoms with Gasteiger partial charge in [0.05, 0.1) is 14.2 Å². The van der Waals surface area contributed by atoms with Crippen LogP contribution in [0.25, 0.3) is 0 Å². The number of methoxy groups -OCH3 is 2. The van der Waals surface area contributed by atoms with Crippen LogP contribution in [-0.4, -0.2) is 55.8 Å². The number of rotatable bonds is 4. The number of piperazine rings is 1. The van der Waals surface area contributed by atoms with Gasteiger partial charge in [0.1, 0.15) is 17.1 Å². The number of fused-ring (bicyclic) bond motifs is 1. The second-order valence-corrected chi connectivity index (χ2v) is 7.82. The number of hydrogen-bond acceptors (Lipinski definition) is 5. The number of benzene rings is 1. The highest BCUT2D eigenvalue weighted by molar-refractivity contribution is 5.98. The van der Waals surface area contributed by atoms with Crippen molar-refractivity contribution in [2.24, 2.45) is 0 Å². The van der Waals surface area contributed by atoms with Crippen molar-refractivity contribution in [2.75, 3.05) is 45.3 Å². The molecule has 2 aliphatic rings. The smallest absolute Gasteiger partial charge is 0.259 e. The summed E-state index contributed by atoms with van der Waals surface area (Å²) in [6.07, 6.45) is 3.75. The lowest BCUT2D eigenvalue weighted by molar-refractivity contribution is 0.0740. The maximum absolute atomic E-state index is 13.5. The van der Waals surface area contributed by atoms with Crippen molar-refractivity contribution in [3.05, 3.63) is 51.9 Å². The molecule has 0 aliphatic carbocycles. The summed E-state index contributed by atoms with van der Waals surface area (Å²) in [6.45, 7) is 3.41. The fourth-order valence-electron chi connectivity index (χ4n) is 4.44. The molecular formula is C23H29N3O4. The lowest BCUT2D eigenvalue weighted by atomic mass is 10.1. The first-order valence-corrected chi connectivity index (χ1v) is 10.6. The van der Waals surface area contributed by atoms with Crippen LogP contribution in [0.2, 0.25) is 0 Å². The third-order valence-electron chi connectivity index (χ3n) is 6.10. The molecule has 160 valence electrons. The quantitative estimate of drug-likeness (QED) is 0.774. The Hall–Kier alpha value is -2.96. The van der Waals surface area contributed by atoms with Crippen molar-refractivity contribution in [1.82, 2.24) is 9.47 Å². The molecule has 1 aromatic heterocycles. The molecule has 0 spiro atoms. The van der Waals surface area contributed by atoms with Crippen LogP contribution in [0.4, 0.5) is 5.69 Å². The molecule has 7 heteroatoms. The van der Waals surface area contributed by atoms with E-state index in [9.17, 15) is 9.59 Å². The first-order chi connectivity index (χ1) is 14.6. The van der Waals surface area contributed by atoms with Gasteiger partial charge in [-0.05, 0) is 31.4 Å². The highest BCUT2D eigenvalue weighted by Crippen LogP contribution is 2.27. The number of carbonyl (C=O) groups excluding carboxylic acids is 1. The Morgan fingerprint density at radius 1 is 0.933 bits per heavy atom. The monoisotopic (exact) mass is 411 g/mol. The van der Waals surface area contributed by atoms with Crippen LogP contribution in [0.3, 0.4) is 0 Å². The maximum Gasteiger partial charge on any atom is 0.259 e. The van der Waals surface area contributed by atoms with Gasteiger partial charge in [-0.3, -0.25) is 9.59 Å². The van der Waals surface area contributed by atoms with E-state index in [2.05, 4.69) is 11.0 Å². The van der Waals surface area contributed by atoms with Gasteiger partial charge in [0, 0.05) is 56.2 Å². The van der Waals surface area contributed by atoms with E-state index in [4.69, 9.17) is 9.47 Å². The molecular weight excluding hydrogens is 382 g/mol. The first-order valence-electron chi connectivity index (χ1n) is 10.6. The van der Waals surface area contributed by atoms with Crippen LogP contribution >= 0.6 is 0 Å². The number of pyridine rings is 1. The third kappa shape index (κ3) is 3.88. The first kappa shape index (κ1) is 20.3. The van der Waals surface area contributed by atoms with Crippen molar-refractivity contribution < 1.29 is 14.3 Å². The number of nitrogens with zero attached hydrogens (tertiary/aromatic N) is 3. The van der Waals surface area contributed by atoms with E-state index < -0.39 is 0 Å². The van der Waals surface area contributed by atoms with Crippen molar-refractivity contribution >= 4 is 11.6 Å². The molecule has 1 amide bonds. The molecule has 0 N–H and O–H groups in total. The Kier molecular flexibility index (Phi) is 5.97. The van der Waals surface area contributed by atoms with Gasteiger partial charge in [-0.2, -0.15) is 0 Å². The lowest BCUT2D eigenvalue weighted by Crippen LogP contribution is -2.49. The highest BCUT2D eigenvalue weighted by atomic mass is 16.5. The Balaban J connectivity index is 1.56. The van der Waals surface area contributed by atoms with Crippen LogP contribution in [0.1, 0.15) is 35.3 Å². The molecule has 0 saturated carbocycles. The number of ether oxygens (including phenoxy) is 2. The van der Waals surface area contributed by atoms with Crippen LogP contribution in [0.5, 0.6) is 11.5 Å². The van der Waals surface area contributed by atoms with E-state index in [1.165, 1.54) is 13.2 Å². The second-order valence-electron chi connectivity index (χ2n) is 7.82. The van der Waals surface area contributed by atoms with Gasteiger partial charge >= 0.3 is 0 Å². The van der Waals surface area contributed by atoms with Crippen molar-refractivity contribution in [3.8, 4) is 11.5 Å². The fourth-order valence-corrected chi connectivity index (χ4v) is 4.44. The number of hydrogen-bond donors (Lipinski definition) is 0. The molecule has 7 nitrogen and oxygen atoms in total. The van der Waals surface area contributed by atoms with Gasteiger partial charge in [-0.1, -0.05) is 12.5 Å². The minimum absolute atomic E-state index is 0.0391. The number of aromatic nitrogens is 1. The van der Waals surface area contributed by atoms with Gasteiger partial charge in [-0.15, -0.1) is 0 Å². The van der Waals surface area contributed by atoms with Gasteiger partial charge < -0.3 is 23.8 Å². The molecule has 3 heterocycles. The molecule has 0 unspecified atom stereocenters. The highest BCUT2D eigenvalue weighted by Gasteiger charge is 2.29. The summed E-state index contributed by atoms with van der Waals surface area (Å²) < 4.78 is 12.6. The molecule has 0 atom stereocenters. The maximum atomic E-state index is 13.5. The number of anilines is 1. The molecule has 1 aromatic carbocycles. The number of carbonyl (C=O) groups is 1. The van der Waals surface area contributed by atoms with Crippen molar-refractivity contribution in [2.45, 2.75) is 32.2 Å². The van der Waals surface area contributed by atoms with Gasteiger partial charge in [0.2, 0.25) is 0 Å². The molecule has 0 bridgehead atoms. The predicted octanol–water partition coefficient (Wildman–Crippen LogP) is 2.55. The predicted molar refractivity (Wildman–Crippen MR) is 116 cm³/mol. The molecule has 0 radical (unpaired) electrons. The fraction of sp³-hybridized carbons (Fsp3) is 0.478. The largest absolute Gasteiger partial charge is 0.497 e. The van der Waals surface area contributed by atoms with E-state index in [1.807, 2.05) is 23.1 Å². The summed E-state index contributed by atoms with van der Waals surface area (Å²) in [6, 6.07) is 9.46. The lowest BCUT2D eigenvalue weighted by Gasteiger charge is -2.36. The molecule has 30 heavy (non-hydrogen) atoms. The Bertz CT molecular complexity index is 977. The SMILES string of the molecule is COc1cccc(N2CCN(C(=O)c3c(OC)cc(=O)n4c3CCCCC4)CC2)c1. The normalized spacial score (nSPS) is 16.6. The number of amides is 1. The van der Waals surface area contributed by atoms with Gasteiger partial charge in [-0.25, -0.2) is 0 Å². The third-order valence-corrected chi connectivity index (χ3v) is 6.10. The minimum Gasteiger partial charge on any atom is -0.497 e. The Labute approximate surface area is 176 Å². The van der Waals surface area contributed by atoms with Crippen LogP contribution < -0.4 is 19.9 Å². The molecule has 2 aromatic rings. The summed E-state index contributed by atoms with van der Waals surface area (Å²) in [5, 5.41) is 0. The summed E-state index contributed by atoms with van der Waals surface area (Å²) in [7, 11) is 3.19. The van der Waals surface area contributed by atoms with E-state index in [0.717, 1.165) is 55.9 Å². The van der Waals surface area contributed by atoms with Gasteiger partial charge in [0.25, 0.3) is 11.5 Å². The van der Waals surface area contributed by atoms with E-state index in [1.54, 1.807) is 11.7 Å². The molecule has 1 fully saturated rings. The average molecular weight is 412 g/mol. The Morgan fingerprint density at radius 3 is 2.47 bits per heavy atom. The van der Waals surface area contributed by atoms with Crippen molar-refractivity contribution in [1.29, 1.82) is 0 Å². The summed E-state index contributed by atoms with van der Waals surface area (Å²) >= 11 is 0. The van der Waals surface area contributed by atoms with E-state index >= 15 is 0 Å². The van der Waals surface area contributed by atoms with E-state index in [-0.39, 0.29) is 11.5 Å². The van der Waals surface area contributed by atoms with Crippen LogP contribution in [0.15, 0.2) is 35.1 Å². The summed E-state index contributed by atoms with van der Waals surface area (Å²) in [5.41, 5.74) is 2.41. The van der Waals surface area contributed by atoms with Crippen LogP contribution in [-0.2, 0) is 13.0 Å². The molecule has 1 saturated heterocycles. The Morgan fingerprint density at radius 2 is 1.73 bits per heavy atom. The van der Waals surface area contributed by atoms with Gasteiger partial charge in [0.15, 0.2) is 0 Å². The second kappa shape index (κ2) is 8.81. The molecule has 4 rings (SSSR count). The summed E-state index contributed by atoms with van der Waals surface area (Å²) in [5.74, 6) is 1.18. The molecule has 2 aliphatic heterocycles. The van der Waals surface area contributed by atoms with Crippen molar-refractivity contribution in [3.63, 3.8) is 0 Å². The summed E-state index contributed by atoms with van der Waals surface area (Å²) in [4.78, 5) is 30.2. The standard InChI is InChI=1S/C23H29N3O4/c1-29-18-8-6-7-17(15-18)24-11-13-25(14-12-24)23(28)22-19-9-4-3-5-10-26(19)21(27)16-20(22)30-2/h6-8,15-16H,3-5,9-14H2,1-2H3. The zero-order valence-electron chi connectivity index (χ0n) is 17.7. The zero-order chi connectivity index (χ0) is 21.1. The minimum atomic E-state index is -0.0804. The average Bonchev–Trinajstić information content (AvgIpc) is 3.05. The van der Waals surface area contributed by atoms with Crippen LogP contribution in [0, 0.1) is 0 Å². The zero-order valence-corrected chi connectivity index (χ0v) is 17.7. The van der Waals surface area contributed by atoms with E-state index in [0.29, 0.717) is 30.9 Å². The topological polar surface area (TPSA) is 64.0 Å².